The van der Waals surface area contributed by atoms with E-state index in [-0.39, 0.29) is 0 Å². The molecule has 0 amide bonds. The van der Waals surface area contributed by atoms with E-state index in [1.807, 2.05) is 41.6 Å². The van der Waals surface area contributed by atoms with Crippen LogP contribution in [0.4, 0.5) is 11.6 Å². The van der Waals surface area contributed by atoms with Crippen LogP contribution in [0.5, 0.6) is 0 Å². The molecule has 0 radical (unpaired) electrons. The minimum absolute atomic E-state index is 0.900. The molecule has 4 aromatic rings. The molecule has 0 aliphatic carbocycles. The highest BCUT2D eigenvalue weighted by Gasteiger charge is 2.21. The van der Waals surface area contributed by atoms with Crippen LogP contribution >= 0.6 is 0 Å². The molecule has 4 aromatic heterocycles. The normalized spacial score (nSPS) is 14.8. The molecule has 5 rings (SSSR count). The predicted molar refractivity (Wildman–Crippen MR) is 109 cm³/mol. The summed E-state index contributed by atoms with van der Waals surface area (Å²) in [6.45, 7) is 5.59. The Bertz CT molecular complexity index is 1120. The van der Waals surface area contributed by atoms with E-state index < -0.39 is 0 Å². The summed E-state index contributed by atoms with van der Waals surface area (Å²) in [5.74, 6) is 3.85. The average Bonchev–Trinajstić information content (AvgIpc) is 3.34. The van der Waals surface area contributed by atoms with Crippen LogP contribution in [0.25, 0.3) is 16.9 Å². The van der Waals surface area contributed by atoms with Gasteiger partial charge in [-0.25, -0.2) is 19.9 Å². The number of pyridine rings is 1. The molecular formula is C20H22N8. The van der Waals surface area contributed by atoms with E-state index in [2.05, 4.69) is 43.0 Å². The zero-order valence-corrected chi connectivity index (χ0v) is 16.0. The lowest BCUT2D eigenvalue weighted by atomic mass is 10.2. The molecular weight excluding hydrogens is 352 g/mol. The summed E-state index contributed by atoms with van der Waals surface area (Å²) < 4.78 is 4.04. The van der Waals surface area contributed by atoms with Crippen molar-refractivity contribution in [2.75, 3.05) is 36.0 Å². The van der Waals surface area contributed by atoms with Gasteiger partial charge in [-0.15, -0.1) is 0 Å². The van der Waals surface area contributed by atoms with Gasteiger partial charge in [-0.05, 0) is 25.1 Å². The summed E-state index contributed by atoms with van der Waals surface area (Å²) in [7, 11) is 2.01. The number of fused-ring (bicyclic) bond motifs is 1. The molecule has 142 valence electrons. The van der Waals surface area contributed by atoms with Crippen molar-refractivity contribution in [3.8, 4) is 5.82 Å². The van der Waals surface area contributed by atoms with Crippen molar-refractivity contribution in [2.24, 2.45) is 7.05 Å². The Balaban J connectivity index is 1.36. The zero-order chi connectivity index (χ0) is 19.1. The monoisotopic (exact) mass is 374 g/mol. The smallest absolute Gasteiger partial charge is 0.145 e. The molecule has 1 saturated heterocycles. The number of anilines is 2. The first-order chi connectivity index (χ1) is 13.7. The number of aryl methyl sites for hydroxylation is 2. The van der Waals surface area contributed by atoms with Gasteiger partial charge in [-0.3, -0.25) is 4.57 Å². The third kappa shape index (κ3) is 2.77. The Morgan fingerprint density at radius 2 is 1.64 bits per heavy atom. The lowest BCUT2D eigenvalue weighted by Gasteiger charge is -2.36. The first kappa shape index (κ1) is 16.7. The van der Waals surface area contributed by atoms with E-state index in [0.29, 0.717) is 0 Å². The molecule has 1 aliphatic rings. The van der Waals surface area contributed by atoms with Crippen LogP contribution in [0.3, 0.4) is 0 Å². The summed E-state index contributed by atoms with van der Waals surface area (Å²) in [6.07, 6.45) is 7.43. The Morgan fingerprint density at radius 3 is 2.43 bits per heavy atom. The van der Waals surface area contributed by atoms with Crippen molar-refractivity contribution >= 4 is 22.7 Å². The number of hydrogen-bond donors (Lipinski definition) is 0. The highest BCUT2D eigenvalue weighted by molar-refractivity contribution is 5.87. The first-order valence-electron chi connectivity index (χ1n) is 9.44. The Labute approximate surface area is 163 Å². The fraction of sp³-hybridized carbons (Fsp3) is 0.300. The van der Waals surface area contributed by atoms with Crippen LogP contribution in [-0.4, -0.2) is 55.2 Å². The molecule has 1 fully saturated rings. The van der Waals surface area contributed by atoms with Crippen molar-refractivity contribution in [1.29, 1.82) is 0 Å². The largest absolute Gasteiger partial charge is 0.353 e. The molecule has 0 aromatic carbocycles. The van der Waals surface area contributed by atoms with Crippen molar-refractivity contribution in [1.82, 2.24) is 29.1 Å². The van der Waals surface area contributed by atoms with Gasteiger partial charge in [0.1, 0.15) is 35.3 Å². The molecule has 1 aliphatic heterocycles. The second-order valence-electron chi connectivity index (χ2n) is 7.03. The number of imidazole rings is 1. The van der Waals surface area contributed by atoms with Gasteiger partial charge in [-0.1, -0.05) is 6.07 Å². The Morgan fingerprint density at radius 1 is 0.857 bits per heavy atom. The van der Waals surface area contributed by atoms with Gasteiger partial charge in [0.15, 0.2) is 0 Å². The van der Waals surface area contributed by atoms with Gasteiger partial charge in [0.2, 0.25) is 0 Å². The van der Waals surface area contributed by atoms with Gasteiger partial charge in [0.25, 0.3) is 0 Å². The van der Waals surface area contributed by atoms with E-state index in [9.17, 15) is 0 Å². The maximum atomic E-state index is 4.85. The van der Waals surface area contributed by atoms with Gasteiger partial charge in [0.05, 0.1) is 5.39 Å². The van der Waals surface area contributed by atoms with Crippen molar-refractivity contribution in [2.45, 2.75) is 6.92 Å². The van der Waals surface area contributed by atoms with Crippen molar-refractivity contribution in [3.05, 3.63) is 55.0 Å². The topological polar surface area (TPSA) is 67.9 Å². The van der Waals surface area contributed by atoms with Crippen LogP contribution in [0.15, 0.2) is 49.2 Å². The summed E-state index contributed by atoms with van der Waals surface area (Å²) in [5.41, 5.74) is 0.970. The molecule has 0 spiro atoms. The molecule has 0 N–H and O–H groups in total. The fourth-order valence-corrected chi connectivity index (χ4v) is 3.81. The third-order valence-corrected chi connectivity index (χ3v) is 5.34. The second kappa shape index (κ2) is 6.63. The summed E-state index contributed by atoms with van der Waals surface area (Å²) >= 11 is 0. The van der Waals surface area contributed by atoms with Crippen LogP contribution in [-0.2, 0) is 7.05 Å². The van der Waals surface area contributed by atoms with Crippen molar-refractivity contribution < 1.29 is 0 Å². The summed E-state index contributed by atoms with van der Waals surface area (Å²) in [6, 6.07) is 8.24. The molecule has 8 heteroatoms. The molecule has 0 saturated carbocycles. The minimum Gasteiger partial charge on any atom is -0.353 e. The third-order valence-electron chi connectivity index (χ3n) is 5.34. The van der Waals surface area contributed by atoms with Crippen LogP contribution in [0, 0.1) is 6.92 Å². The van der Waals surface area contributed by atoms with Crippen LogP contribution in [0.2, 0.25) is 0 Å². The summed E-state index contributed by atoms with van der Waals surface area (Å²) in [4.78, 5) is 22.8. The molecule has 5 heterocycles. The van der Waals surface area contributed by atoms with E-state index in [1.54, 1.807) is 12.5 Å². The lowest BCUT2D eigenvalue weighted by molar-refractivity contribution is 0.642. The Hall–Kier alpha value is -3.42. The molecule has 0 bridgehead atoms. The highest BCUT2D eigenvalue weighted by atomic mass is 15.3. The maximum Gasteiger partial charge on any atom is 0.145 e. The summed E-state index contributed by atoms with van der Waals surface area (Å²) in [5, 5.41) is 1.11. The predicted octanol–water partition coefficient (Wildman–Crippen LogP) is 2.18. The number of piperazine rings is 1. The standard InChI is InChI=1S/C20H22N8/c1-15-21-7-9-28(15)18-5-3-4-17(24-18)26-10-12-27(13-11-26)20-16-6-8-25(2)19(16)22-14-23-20/h3-9,14H,10-13H2,1-2H3. The number of rotatable bonds is 3. The van der Waals surface area contributed by atoms with Gasteiger partial charge in [-0.2, -0.15) is 0 Å². The second-order valence-corrected chi connectivity index (χ2v) is 7.03. The number of aromatic nitrogens is 6. The van der Waals surface area contributed by atoms with E-state index in [0.717, 1.165) is 60.5 Å². The minimum atomic E-state index is 0.900. The lowest BCUT2D eigenvalue weighted by Crippen LogP contribution is -2.47. The van der Waals surface area contributed by atoms with Gasteiger partial charge in [0, 0.05) is 51.8 Å². The molecule has 0 unspecified atom stereocenters. The Kier molecular flexibility index (Phi) is 3.96. The van der Waals surface area contributed by atoms with E-state index in [1.165, 1.54) is 0 Å². The first-order valence-corrected chi connectivity index (χ1v) is 9.44. The zero-order valence-electron chi connectivity index (χ0n) is 16.0. The van der Waals surface area contributed by atoms with E-state index in [4.69, 9.17) is 4.98 Å². The number of hydrogen-bond acceptors (Lipinski definition) is 6. The fourth-order valence-electron chi connectivity index (χ4n) is 3.81. The van der Waals surface area contributed by atoms with Gasteiger partial charge < -0.3 is 14.4 Å². The quantitative estimate of drug-likeness (QED) is 0.548. The highest BCUT2D eigenvalue weighted by Crippen LogP contribution is 2.25. The van der Waals surface area contributed by atoms with Gasteiger partial charge >= 0.3 is 0 Å². The molecule has 8 nitrogen and oxygen atoms in total. The SMILES string of the molecule is Cc1nccn1-c1cccc(N2CCN(c3ncnc4c3ccn4C)CC2)n1. The van der Waals surface area contributed by atoms with Crippen molar-refractivity contribution in [3.63, 3.8) is 0 Å². The maximum absolute atomic E-state index is 4.85. The van der Waals surface area contributed by atoms with Crippen LogP contribution < -0.4 is 9.80 Å². The number of nitrogens with zero attached hydrogens (tertiary/aromatic N) is 8. The molecule has 0 atom stereocenters. The average molecular weight is 374 g/mol. The molecule has 28 heavy (non-hydrogen) atoms. The van der Waals surface area contributed by atoms with E-state index >= 15 is 0 Å². The van der Waals surface area contributed by atoms with Crippen LogP contribution in [0.1, 0.15) is 5.82 Å².